The van der Waals surface area contributed by atoms with E-state index in [4.69, 9.17) is 16.0 Å². The molecule has 0 aliphatic rings. The number of aliphatic hydroxyl groups is 1. The zero-order chi connectivity index (χ0) is 15.0. The van der Waals surface area contributed by atoms with Gasteiger partial charge in [-0.3, -0.25) is 0 Å². The third-order valence-electron chi connectivity index (χ3n) is 3.48. The maximum absolute atomic E-state index is 9.71. The standard InChI is InChI=1S/C14H20BrClO2Si/c1-9(17)11-7-10(16)8-12(15)13(11)18-19(5,6)14(2,3)4/h7-8,17H,1H2,2-6H3. The van der Waals surface area contributed by atoms with E-state index in [0.29, 0.717) is 16.3 Å². The summed E-state index contributed by atoms with van der Waals surface area (Å²) in [5.41, 5.74) is 0.532. The normalized spacial score (nSPS) is 12.4. The lowest BCUT2D eigenvalue weighted by atomic mass is 10.2. The maximum atomic E-state index is 9.71. The second kappa shape index (κ2) is 5.50. The molecule has 2 nitrogen and oxygen atoms in total. The predicted molar refractivity (Wildman–Crippen MR) is 88.6 cm³/mol. The molecule has 1 aromatic carbocycles. The van der Waals surface area contributed by atoms with E-state index < -0.39 is 8.32 Å². The van der Waals surface area contributed by atoms with E-state index >= 15 is 0 Å². The van der Waals surface area contributed by atoms with Crippen molar-refractivity contribution in [3.8, 4) is 5.75 Å². The topological polar surface area (TPSA) is 29.5 Å². The van der Waals surface area contributed by atoms with Crippen molar-refractivity contribution in [2.45, 2.75) is 38.9 Å². The lowest BCUT2D eigenvalue weighted by Crippen LogP contribution is -2.44. The Morgan fingerprint density at radius 2 is 1.89 bits per heavy atom. The van der Waals surface area contributed by atoms with Crippen molar-refractivity contribution in [1.29, 1.82) is 0 Å². The van der Waals surface area contributed by atoms with E-state index in [1.54, 1.807) is 12.1 Å². The molecule has 0 saturated heterocycles. The summed E-state index contributed by atoms with van der Waals surface area (Å²) in [6.45, 7) is 14.4. The van der Waals surface area contributed by atoms with Crippen molar-refractivity contribution in [2.24, 2.45) is 0 Å². The number of benzene rings is 1. The zero-order valence-corrected chi connectivity index (χ0v) is 15.3. The van der Waals surface area contributed by atoms with E-state index in [1.807, 2.05) is 0 Å². The van der Waals surface area contributed by atoms with Gasteiger partial charge in [0.25, 0.3) is 8.32 Å². The minimum Gasteiger partial charge on any atom is -0.542 e. The van der Waals surface area contributed by atoms with Crippen molar-refractivity contribution in [3.05, 3.63) is 33.8 Å². The molecule has 0 radical (unpaired) electrons. The molecule has 106 valence electrons. The van der Waals surface area contributed by atoms with Gasteiger partial charge in [-0.2, -0.15) is 0 Å². The molecule has 0 unspecified atom stereocenters. The molecule has 1 rings (SSSR count). The molecule has 0 aromatic heterocycles. The van der Waals surface area contributed by atoms with E-state index in [-0.39, 0.29) is 10.8 Å². The Labute approximate surface area is 129 Å². The van der Waals surface area contributed by atoms with E-state index in [1.165, 1.54) is 0 Å². The highest BCUT2D eigenvalue weighted by Gasteiger charge is 2.40. The van der Waals surface area contributed by atoms with Crippen LogP contribution >= 0.6 is 27.5 Å². The fourth-order valence-electron chi connectivity index (χ4n) is 1.29. The molecule has 0 spiro atoms. The van der Waals surface area contributed by atoms with Crippen LogP contribution in [0.4, 0.5) is 0 Å². The largest absolute Gasteiger partial charge is 0.542 e. The highest BCUT2D eigenvalue weighted by Crippen LogP contribution is 2.42. The molecule has 0 atom stereocenters. The van der Waals surface area contributed by atoms with E-state index in [2.05, 4.69) is 56.4 Å². The highest BCUT2D eigenvalue weighted by atomic mass is 79.9. The number of rotatable bonds is 3. The van der Waals surface area contributed by atoms with Crippen LogP contribution in [0.1, 0.15) is 26.3 Å². The predicted octanol–water partition coefficient (Wildman–Crippen LogP) is 6.02. The summed E-state index contributed by atoms with van der Waals surface area (Å²) in [6.07, 6.45) is 0. The molecule has 0 saturated carbocycles. The van der Waals surface area contributed by atoms with Crippen molar-refractivity contribution in [1.82, 2.24) is 0 Å². The summed E-state index contributed by atoms with van der Waals surface area (Å²) in [6, 6.07) is 3.42. The quantitative estimate of drug-likeness (QED) is 0.526. The summed E-state index contributed by atoms with van der Waals surface area (Å²) in [7, 11) is -2.00. The Hall–Kier alpha value is -0.453. The summed E-state index contributed by atoms with van der Waals surface area (Å²) in [5, 5.41) is 10.3. The van der Waals surface area contributed by atoms with Crippen LogP contribution in [-0.2, 0) is 0 Å². The lowest BCUT2D eigenvalue weighted by molar-refractivity contribution is 0.475. The first-order valence-corrected chi connectivity index (χ1v) is 10.1. The Balaban J connectivity index is 3.32. The van der Waals surface area contributed by atoms with Crippen LogP contribution in [0, 0.1) is 0 Å². The first-order valence-electron chi connectivity index (χ1n) is 6.02. The molecule has 19 heavy (non-hydrogen) atoms. The molecule has 5 heteroatoms. The van der Waals surface area contributed by atoms with Crippen LogP contribution in [0.15, 0.2) is 23.2 Å². The summed E-state index contributed by atoms with van der Waals surface area (Å²) in [4.78, 5) is 0. The summed E-state index contributed by atoms with van der Waals surface area (Å²) < 4.78 is 6.99. The van der Waals surface area contributed by atoms with Crippen LogP contribution in [0.25, 0.3) is 5.76 Å². The third-order valence-corrected chi connectivity index (χ3v) is 8.62. The summed E-state index contributed by atoms with van der Waals surface area (Å²) >= 11 is 9.45. The highest BCUT2D eigenvalue weighted by molar-refractivity contribution is 9.10. The second-order valence-electron chi connectivity index (χ2n) is 6.07. The van der Waals surface area contributed by atoms with Crippen LogP contribution in [0.2, 0.25) is 23.2 Å². The molecule has 0 heterocycles. The lowest BCUT2D eigenvalue weighted by Gasteiger charge is -2.37. The number of halogens is 2. The van der Waals surface area contributed by atoms with Crippen LogP contribution in [0.5, 0.6) is 5.75 Å². The van der Waals surface area contributed by atoms with Gasteiger partial charge in [0.1, 0.15) is 11.5 Å². The number of hydrogen-bond donors (Lipinski definition) is 1. The Kier molecular flexibility index (Phi) is 4.81. The molecule has 0 aliphatic carbocycles. The van der Waals surface area contributed by atoms with E-state index in [9.17, 15) is 5.11 Å². The molecular weight excluding hydrogens is 344 g/mol. The van der Waals surface area contributed by atoms with Crippen molar-refractivity contribution in [3.63, 3.8) is 0 Å². The van der Waals surface area contributed by atoms with Crippen LogP contribution in [-0.4, -0.2) is 13.4 Å². The van der Waals surface area contributed by atoms with E-state index in [0.717, 1.165) is 4.47 Å². The number of aliphatic hydroxyl groups excluding tert-OH is 1. The minimum absolute atomic E-state index is 0.0445. The van der Waals surface area contributed by atoms with Crippen LogP contribution in [0.3, 0.4) is 0 Å². The molecule has 1 aromatic rings. The molecule has 0 fully saturated rings. The smallest absolute Gasteiger partial charge is 0.250 e. The SMILES string of the molecule is C=C(O)c1cc(Cl)cc(Br)c1O[Si](C)(C)C(C)(C)C. The average Bonchev–Trinajstić information content (AvgIpc) is 2.19. The van der Waals surface area contributed by atoms with Crippen molar-refractivity contribution >= 4 is 41.6 Å². The van der Waals surface area contributed by atoms with Crippen molar-refractivity contribution in [2.75, 3.05) is 0 Å². The molecule has 1 N–H and O–H groups in total. The maximum Gasteiger partial charge on any atom is 0.250 e. The Morgan fingerprint density at radius 3 is 2.32 bits per heavy atom. The van der Waals surface area contributed by atoms with Gasteiger partial charge in [0.05, 0.1) is 10.0 Å². The van der Waals surface area contributed by atoms with Gasteiger partial charge in [-0.05, 0) is 46.2 Å². The number of hydrogen-bond acceptors (Lipinski definition) is 2. The van der Waals surface area contributed by atoms with Crippen molar-refractivity contribution < 1.29 is 9.53 Å². The first-order chi connectivity index (χ1) is 8.45. The van der Waals surface area contributed by atoms with Gasteiger partial charge < -0.3 is 9.53 Å². The zero-order valence-electron chi connectivity index (χ0n) is 12.0. The average molecular weight is 364 g/mol. The van der Waals surface area contributed by atoms with Gasteiger partial charge in [-0.25, -0.2) is 0 Å². The van der Waals surface area contributed by atoms with Gasteiger partial charge in [0.15, 0.2) is 0 Å². The van der Waals surface area contributed by atoms with Gasteiger partial charge in [0.2, 0.25) is 0 Å². The molecule has 0 aliphatic heterocycles. The van der Waals surface area contributed by atoms with Gasteiger partial charge in [0, 0.05) is 5.02 Å². The Morgan fingerprint density at radius 1 is 1.37 bits per heavy atom. The van der Waals surface area contributed by atoms with Crippen LogP contribution < -0.4 is 4.43 Å². The fraction of sp³-hybridized carbons (Fsp3) is 0.429. The minimum atomic E-state index is -2.00. The monoisotopic (exact) mass is 362 g/mol. The van der Waals surface area contributed by atoms with Gasteiger partial charge in [-0.1, -0.05) is 39.0 Å². The van der Waals surface area contributed by atoms with Gasteiger partial charge >= 0.3 is 0 Å². The first kappa shape index (κ1) is 16.6. The summed E-state index contributed by atoms with van der Waals surface area (Å²) in [5.74, 6) is 0.570. The fourth-order valence-corrected chi connectivity index (χ4v) is 3.36. The molecular formula is C14H20BrClO2Si. The third kappa shape index (κ3) is 3.77. The van der Waals surface area contributed by atoms with Gasteiger partial charge in [-0.15, -0.1) is 0 Å². The molecule has 0 amide bonds. The molecule has 0 bridgehead atoms. The Bertz CT molecular complexity index is 507. The second-order valence-corrected chi connectivity index (χ2v) is 12.1.